The highest BCUT2D eigenvalue weighted by Gasteiger charge is 2.45. The summed E-state index contributed by atoms with van der Waals surface area (Å²) in [6.07, 6.45) is 5.75. The fourth-order valence-electron chi connectivity index (χ4n) is 4.16. The highest BCUT2D eigenvalue weighted by Crippen LogP contribution is 2.37. The van der Waals surface area contributed by atoms with Gasteiger partial charge in [0.2, 0.25) is 0 Å². The van der Waals surface area contributed by atoms with Crippen LogP contribution in [-0.4, -0.2) is 53.8 Å². The van der Waals surface area contributed by atoms with E-state index < -0.39 is 0 Å². The van der Waals surface area contributed by atoms with E-state index in [0.29, 0.717) is 13.2 Å². The summed E-state index contributed by atoms with van der Waals surface area (Å²) < 4.78 is 12.2. The van der Waals surface area contributed by atoms with Crippen molar-refractivity contribution in [2.24, 2.45) is 5.92 Å². The van der Waals surface area contributed by atoms with Gasteiger partial charge in [-0.1, -0.05) is 0 Å². The molecule has 1 aliphatic carbocycles. The second kappa shape index (κ2) is 6.69. The number of carbonyl (C=O) groups is 1. The predicted octanol–water partition coefficient (Wildman–Crippen LogP) is 2.89. The average Bonchev–Trinajstić information content (AvgIpc) is 3.34. The summed E-state index contributed by atoms with van der Waals surface area (Å²) in [5.74, 6) is 0.873. The lowest BCUT2D eigenvalue weighted by Gasteiger charge is -2.39. The first kappa shape index (κ1) is 17.0. The number of ether oxygens (including phenoxy) is 2. The van der Waals surface area contributed by atoms with Crippen molar-refractivity contribution >= 4 is 5.91 Å². The van der Waals surface area contributed by atoms with Crippen LogP contribution >= 0.6 is 0 Å². The zero-order chi connectivity index (χ0) is 17.4. The molecule has 25 heavy (non-hydrogen) atoms. The third kappa shape index (κ3) is 3.87. The lowest BCUT2D eigenvalue weighted by Crippen LogP contribution is -2.50. The summed E-state index contributed by atoms with van der Waals surface area (Å²) in [6.45, 7) is 6.89. The van der Waals surface area contributed by atoms with E-state index in [2.05, 4.69) is 4.98 Å². The first-order valence-corrected chi connectivity index (χ1v) is 9.53. The number of piperidine rings is 1. The van der Waals surface area contributed by atoms with Crippen LogP contribution in [0.4, 0.5) is 0 Å². The van der Waals surface area contributed by atoms with E-state index >= 15 is 0 Å². The van der Waals surface area contributed by atoms with Crippen molar-refractivity contribution < 1.29 is 14.3 Å². The standard InChI is InChI=1S/C20H28N2O3/c1-14-8-17(9-15(2)21-14)19(23)22-7-3-6-20(13-22)10-18(12-25-20)24-11-16-4-5-16/h8-9,16,18H,3-7,10-13H2,1-2H3/t18-,20+/m1/s1. The van der Waals surface area contributed by atoms with Crippen LogP contribution in [-0.2, 0) is 9.47 Å². The van der Waals surface area contributed by atoms with Gasteiger partial charge in [-0.3, -0.25) is 9.78 Å². The monoisotopic (exact) mass is 344 g/mol. The Hall–Kier alpha value is -1.46. The lowest BCUT2D eigenvalue weighted by molar-refractivity contribution is -0.0465. The molecule has 1 spiro atoms. The van der Waals surface area contributed by atoms with Crippen molar-refractivity contribution in [3.63, 3.8) is 0 Å². The van der Waals surface area contributed by atoms with Crippen molar-refractivity contribution in [3.8, 4) is 0 Å². The molecule has 3 fully saturated rings. The van der Waals surface area contributed by atoms with Gasteiger partial charge < -0.3 is 14.4 Å². The van der Waals surface area contributed by atoms with Crippen LogP contribution in [0.25, 0.3) is 0 Å². The van der Waals surface area contributed by atoms with Crippen LogP contribution in [0.2, 0.25) is 0 Å². The fourth-order valence-corrected chi connectivity index (χ4v) is 4.16. The first-order valence-electron chi connectivity index (χ1n) is 9.53. The molecular weight excluding hydrogens is 316 g/mol. The SMILES string of the molecule is Cc1cc(C(=O)N2CCC[C@]3(C[C@@H](OCC4CC4)CO3)C2)cc(C)n1. The van der Waals surface area contributed by atoms with Crippen LogP contribution in [0.15, 0.2) is 12.1 Å². The van der Waals surface area contributed by atoms with Gasteiger partial charge in [-0.15, -0.1) is 0 Å². The number of nitrogens with zero attached hydrogens (tertiary/aromatic N) is 2. The van der Waals surface area contributed by atoms with Gasteiger partial charge >= 0.3 is 0 Å². The van der Waals surface area contributed by atoms with Gasteiger partial charge in [-0.05, 0) is 57.6 Å². The summed E-state index contributed by atoms with van der Waals surface area (Å²) in [4.78, 5) is 19.3. The normalized spacial score (nSPS) is 29.4. The molecule has 2 aliphatic heterocycles. The number of likely N-dealkylation sites (tertiary alicyclic amines) is 1. The Morgan fingerprint density at radius 3 is 2.84 bits per heavy atom. The minimum Gasteiger partial charge on any atom is -0.375 e. The Morgan fingerprint density at radius 1 is 1.36 bits per heavy atom. The zero-order valence-electron chi connectivity index (χ0n) is 15.3. The molecule has 2 saturated heterocycles. The van der Waals surface area contributed by atoms with Crippen LogP contribution in [0.3, 0.4) is 0 Å². The number of hydrogen-bond donors (Lipinski definition) is 0. The van der Waals surface area contributed by atoms with Crippen molar-refractivity contribution in [1.29, 1.82) is 0 Å². The molecule has 4 rings (SSSR count). The van der Waals surface area contributed by atoms with Gasteiger partial charge in [0.05, 0.1) is 24.9 Å². The number of rotatable bonds is 4. The molecule has 0 N–H and O–H groups in total. The van der Waals surface area contributed by atoms with Crippen molar-refractivity contribution in [1.82, 2.24) is 9.88 Å². The van der Waals surface area contributed by atoms with Gasteiger partial charge in [0.15, 0.2) is 0 Å². The van der Waals surface area contributed by atoms with E-state index in [9.17, 15) is 4.79 Å². The summed E-state index contributed by atoms with van der Waals surface area (Å²) >= 11 is 0. The highest BCUT2D eigenvalue weighted by atomic mass is 16.6. The second-order valence-electron chi connectivity index (χ2n) is 8.07. The molecule has 0 radical (unpaired) electrons. The molecule has 1 aromatic heterocycles. The largest absolute Gasteiger partial charge is 0.375 e. The first-order chi connectivity index (χ1) is 12.0. The van der Waals surface area contributed by atoms with Crippen LogP contribution in [0.1, 0.15) is 53.8 Å². The minimum absolute atomic E-state index is 0.0959. The molecule has 3 heterocycles. The van der Waals surface area contributed by atoms with Gasteiger partial charge in [-0.25, -0.2) is 0 Å². The van der Waals surface area contributed by atoms with E-state index in [1.807, 2.05) is 30.9 Å². The molecular formula is C20H28N2O3. The number of carbonyl (C=O) groups excluding carboxylic acids is 1. The smallest absolute Gasteiger partial charge is 0.254 e. The maximum Gasteiger partial charge on any atom is 0.254 e. The van der Waals surface area contributed by atoms with Crippen molar-refractivity contribution in [2.45, 2.75) is 57.7 Å². The molecule has 1 amide bonds. The molecule has 1 saturated carbocycles. The molecule has 0 unspecified atom stereocenters. The van der Waals surface area contributed by atoms with Crippen LogP contribution < -0.4 is 0 Å². The highest BCUT2D eigenvalue weighted by molar-refractivity contribution is 5.94. The zero-order valence-corrected chi connectivity index (χ0v) is 15.3. The fraction of sp³-hybridized carbons (Fsp3) is 0.700. The molecule has 136 valence electrons. The number of pyridine rings is 1. The summed E-state index contributed by atoms with van der Waals surface area (Å²) in [7, 11) is 0. The Labute approximate surface area is 149 Å². The number of amides is 1. The van der Waals surface area contributed by atoms with Crippen molar-refractivity contribution in [3.05, 3.63) is 29.1 Å². The number of hydrogen-bond acceptors (Lipinski definition) is 4. The third-order valence-electron chi connectivity index (χ3n) is 5.59. The van der Waals surface area contributed by atoms with Crippen LogP contribution in [0, 0.1) is 19.8 Å². The van der Waals surface area contributed by atoms with E-state index in [1.54, 1.807) is 0 Å². The topological polar surface area (TPSA) is 51.7 Å². The summed E-state index contributed by atoms with van der Waals surface area (Å²) in [5, 5.41) is 0. The third-order valence-corrected chi connectivity index (χ3v) is 5.59. The summed E-state index contributed by atoms with van der Waals surface area (Å²) in [6, 6.07) is 3.77. The molecule has 5 nitrogen and oxygen atoms in total. The molecule has 0 aromatic carbocycles. The predicted molar refractivity (Wildman–Crippen MR) is 94.6 cm³/mol. The van der Waals surface area contributed by atoms with Gasteiger partial charge in [0.25, 0.3) is 5.91 Å². The van der Waals surface area contributed by atoms with Gasteiger partial charge in [0.1, 0.15) is 0 Å². The molecule has 3 aliphatic rings. The quantitative estimate of drug-likeness (QED) is 0.843. The Kier molecular flexibility index (Phi) is 4.54. The van der Waals surface area contributed by atoms with E-state index in [-0.39, 0.29) is 17.6 Å². The number of aryl methyl sites for hydroxylation is 2. The maximum absolute atomic E-state index is 13.0. The molecule has 1 aromatic rings. The van der Waals surface area contributed by atoms with E-state index in [1.165, 1.54) is 12.8 Å². The molecule has 2 atom stereocenters. The Bertz CT molecular complexity index is 638. The average molecular weight is 344 g/mol. The van der Waals surface area contributed by atoms with Crippen molar-refractivity contribution in [2.75, 3.05) is 26.3 Å². The maximum atomic E-state index is 13.0. The Morgan fingerprint density at radius 2 is 2.12 bits per heavy atom. The Balaban J connectivity index is 1.41. The van der Waals surface area contributed by atoms with Crippen LogP contribution in [0.5, 0.6) is 0 Å². The molecule has 0 bridgehead atoms. The van der Waals surface area contributed by atoms with E-state index in [0.717, 1.165) is 55.3 Å². The van der Waals surface area contributed by atoms with E-state index in [4.69, 9.17) is 9.47 Å². The second-order valence-corrected chi connectivity index (χ2v) is 8.07. The lowest BCUT2D eigenvalue weighted by atomic mass is 9.89. The van der Waals surface area contributed by atoms with Gasteiger partial charge in [0, 0.05) is 36.5 Å². The minimum atomic E-state index is -0.209. The molecule has 5 heteroatoms. The number of aromatic nitrogens is 1. The van der Waals surface area contributed by atoms with Gasteiger partial charge in [-0.2, -0.15) is 0 Å². The summed E-state index contributed by atoms with van der Waals surface area (Å²) in [5.41, 5.74) is 2.31.